The molecule has 5 nitrogen and oxygen atoms in total. The molecule has 104 valence electrons. The van der Waals surface area contributed by atoms with Gasteiger partial charge in [-0.15, -0.1) is 5.10 Å². The van der Waals surface area contributed by atoms with Crippen LogP contribution in [0.2, 0.25) is 0 Å². The minimum Gasteiger partial charge on any atom is -0.390 e. The lowest BCUT2D eigenvalue weighted by Gasteiger charge is -2.27. The zero-order valence-electron chi connectivity index (χ0n) is 11.9. The molecule has 1 aromatic rings. The van der Waals surface area contributed by atoms with Gasteiger partial charge in [-0.05, 0) is 17.9 Å². The van der Waals surface area contributed by atoms with Crippen molar-refractivity contribution >= 4 is 0 Å². The Balaban J connectivity index is 1.87. The predicted molar refractivity (Wildman–Crippen MR) is 74.2 cm³/mol. The maximum Gasteiger partial charge on any atom is 0.108 e. The molecule has 0 radical (unpaired) electrons. The molecule has 1 N–H and O–H groups in total. The van der Waals surface area contributed by atoms with Gasteiger partial charge in [0.05, 0.1) is 19.3 Å². The van der Waals surface area contributed by atoms with Crippen molar-refractivity contribution < 1.29 is 5.11 Å². The Bertz CT molecular complexity index is 487. The normalized spacial score (nSPS) is 17.4. The van der Waals surface area contributed by atoms with Crippen molar-refractivity contribution in [1.29, 1.82) is 0 Å². The molecule has 0 saturated carbocycles. The van der Waals surface area contributed by atoms with E-state index in [2.05, 4.69) is 54.3 Å². The molecular formula is C14H22N4O. The van der Waals surface area contributed by atoms with Crippen LogP contribution in [0.4, 0.5) is 0 Å². The van der Waals surface area contributed by atoms with Crippen molar-refractivity contribution in [3.8, 4) is 0 Å². The molecule has 1 heterocycles. The third-order valence-corrected chi connectivity index (χ3v) is 3.40. The van der Waals surface area contributed by atoms with Gasteiger partial charge in [0.15, 0.2) is 0 Å². The van der Waals surface area contributed by atoms with Crippen LogP contribution in [0, 0.1) is 5.41 Å². The third-order valence-electron chi connectivity index (χ3n) is 3.40. The van der Waals surface area contributed by atoms with Crippen LogP contribution in [0.15, 0.2) is 30.1 Å². The summed E-state index contributed by atoms with van der Waals surface area (Å²) in [5, 5.41) is 16.8. The Morgan fingerprint density at radius 2 is 2.26 bits per heavy atom. The summed E-state index contributed by atoms with van der Waals surface area (Å²) in [5.41, 5.74) is 2.13. The number of rotatable bonds is 5. The molecule has 0 unspecified atom stereocenters. The predicted octanol–water partition coefficient (Wildman–Crippen LogP) is 1.57. The first-order valence-corrected chi connectivity index (χ1v) is 6.60. The molecule has 0 atom stereocenters. The van der Waals surface area contributed by atoms with Crippen LogP contribution < -0.4 is 0 Å². The Morgan fingerprint density at radius 1 is 1.47 bits per heavy atom. The highest BCUT2D eigenvalue weighted by atomic mass is 16.3. The van der Waals surface area contributed by atoms with Crippen LogP contribution in [0.1, 0.15) is 26.0 Å². The molecule has 1 aromatic heterocycles. The second-order valence-corrected chi connectivity index (χ2v) is 5.71. The fourth-order valence-corrected chi connectivity index (χ4v) is 2.00. The standard InChI is InChI=1S/C14H22N4O/c1-14(2)6-4-13(5-7-14)17(3)8-9-18-10-12(11-19)15-16-18/h4-6,10,19H,7-9,11H2,1-3H3. The number of aliphatic hydroxyl groups excluding tert-OH is 1. The molecule has 0 saturated heterocycles. The Labute approximate surface area is 114 Å². The van der Waals surface area contributed by atoms with Crippen molar-refractivity contribution in [2.75, 3.05) is 13.6 Å². The fraction of sp³-hybridized carbons (Fsp3) is 0.571. The second-order valence-electron chi connectivity index (χ2n) is 5.71. The summed E-state index contributed by atoms with van der Waals surface area (Å²) >= 11 is 0. The minimum absolute atomic E-state index is 0.0567. The van der Waals surface area contributed by atoms with Gasteiger partial charge in [-0.3, -0.25) is 4.68 Å². The highest BCUT2D eigenvalue weighted by Crippen LogP contribution is 2.28. The Morgan fingerprint density at radius 3 is 2.84 bits per heavy atom. The van der Waals surface area contributed by atoms with Crippen LogP contribution in [-0.4, -0.2) is 38.6 Å². The number of hydrogen-bond donors (Lipinski definition) is 1. The smallest absolute Gasteiger partial charge is 0.108 e. The molecule has 1 aliphatic rings. The molecule has 0 aliphatic heterocycles. The number of hydrogen-bond acceptors (Lipinski definition) is 4. The first kappa shape index (κ1) is 13.8. The Kier molecular flexibility index (Phi) is 4.04. The summed E-state index contributed by atoms with van der Waals surface area (Å²) in [7, 11) is 2.08. The average molecular weight is 262 g/mol. The maximum atomic E-state index is 8.94. The van der Waals surface area contributed by atoms with Crippen molar-refractivity contribution in [1.82, 2.24) is 19.9 Å². The molecule has 19 heavy (non-hydrogen) atoms. The van der Waals surface area contributed by atoms with E-state index >= 15 is 0 Å². The number of likely N-dealkylation sites (N-methyl/N-ethyl adjacent to an activating group) is 1. The van der Waals surface area contributed by atoms with E-state index < -0.39 is 0 Å². The molecule has 0 spiro atoms. The van der Waals surface area contributed by atoms with Gasteiger partial charge in [-0.1, -0.05) is 31.2 Å². The summed E-state index contributed by atoms with van der Waals surface area (Å²) in [4.78, 5) is 2.21. The van der Waals surface area contributed by atoms with E-state index in [0.29, 0.717) is 5.69 Å². The molecule has 0 fully saturated rings. The molecule has 0 amide bonds. The van der Waals surface area contributed by atoms with Crippen LogP contribution >= 0.6 is 0 Å². The lowest BCUT2D eigenvalue weighted by atomic mass is 9.85. The summed E-state index contributed by atoms with van der Waals surface area (Å²) < 4.78 is 1.76. The van der Waals surface area contributed by atoms with Gasteiger partial charge in [0.25, 0.3) is 0 Å². The van der Waals surface area contributed by atoms with Gasteiger partial charge in [0.2, 0.25) is 0 Å². The maximum absolute atomic E-state index is 8.94. The average Bonchev–Trinajstić information content (AvgIpc) is 2.84. The van der Waals surface area contributed by atoms with Crippen molar-refractivity contribution in [2.24, 2.45) is 5.41 Å². The van der Waals surface area contributed by atoms with Gasteiger partial charge in [0, 0.05) is 19.3 Å². The summed E-state index contributed by atoms with van der Waals surface area (Å²) in [6.07, 6.45) is 9.58. The van der Waals surface area contributed by atoms with Crippen LogP contribution in [0.5, 0.6) is 0 Å². The quantitative estimate of drug-likeness (QED) is 0.875. The third kappa shape index (κ3) is 3.67. The van der Waals surface area contributed by atoms with E-state index in [0.717, 1.165) is 19.5 Å². The highest BCUT2D eigenvalue weighted by Gasteiger charge is 2.17. The van der Waals surface area contributed by atoms with Crippen molar-refractivity contribution in [3.63, 3.8) is 0 Å². The van der Waals surface area contributed by atoms with E-state index in [1.807, 2.05) is 0 Å². The topological polar surface area (TPSA) is 54.2 Å². The summed E-state index contributed by atoms with van der Waals surface area (Å²) in [6, 6.07) is 0. The molecule has 0 aromatic carbocycles. The van der Waals surface area contributed by atoms with Gasteiger partial charge in [-0.2, -0.15) is 0 Å². The van der Waals surface area contributed by atoms with Crippen LogP contribution in [-0.2, 0) is 13.2 Å². The zero-order valence-corrected chi connectivity index (χ0v) is 11.9. The Hall–Kier alpha value is -1.62. The van der Waals surface area contributed by atoms with Crippen LogP contribution in [0.3, 0.4) is 0 Å². The first-order valence-electron chi connectivity index (χ1n) is 6.60. The first-order chi connectivity index (χ1) is 9.00. The highest BCUT2D eigenvalue weighted by molar-refractivity contribution is 5.24. The molecular weight excluding hydrogens is 240 g/mol. The zero-order chi connectivity index (χ0) is 13.9. The molecule has 2 rings (SSSR count). The largest absolute Gasteiger partial charge is 0.390 e. The summed E-state index contributed by atoms with van der Waals surface area (Å²) in [5.74, 6) is 0. The van der Waals surface area contributed by atoms with E-state index in [1.54, 1.807) is 10.9 Å². The van der Waals surface area contributed by atoms with Gasteiger partial charge in [0.1, 0.15) is 5.69 Å². The number of aromatic nitrogens is 3. The number of aliphatic hydroxyl groups is 1. The number of nitrogens with zero attached hydrogens (tertiary/aromatic N) is 4. The van der Waals surface area contributed by atoms with Gasteiger partial charge < -0.3 is 10.0 Å². The van der Waals surface area contributed by atoms with E-state index in [1.165, 1.54) is 5.70 Å². The molecule has 0 bridgehead atoms. The fourth-order valence-electron chi connectivity index (χ4n) is 2.00. The monoisotopic (exact) mass is 262 g/mol. The summed E-state index contributed by atoms with van der Waals surface area (Å²) in [6.45, 7) is 6.05. The lowest BCUT2D eigenvalue weighted by Crippen LogP contribution is -2.24. The van der Waals surface area contributed by atoms with Gasteiger partial charge >= 0.3 is 0 Å². The molecule has 5 heteroatoms. The molecule has 1 aliphatic carbocycles. The van der Waals surface area contributed by atoms with E-state index in [4.69, 9.17) is 5.11 Å². The number of allylic oxidation sites excluding steroid dienone is 3. The lowest BCUT2D eigenvalue weighted by molar-refractivity contribution is 0.276. The minimum atomic E-state index is -0.0567. The van der Waals surface area contributed by atoms with Crippen molar-refractivity contribution in [3.05, 3.63) is 35.8 Å². The van der Waals surface area contributed by atoms with Crippen molar-refractivity contribution in [2.45, 2.75) is 33.4 Å². The SMILES string of the molecule is CN(CCn1cc(CO)nn1)C1=CCC(C)(C)C=C1. The second kappa shape index (κ2) is 5.57. The van der Waals surface area contributed by atoms with E-state index in [9.17, 15) is 0 Å². The van der Waals surface area contributed by atoms with Gasteiger partial charge in [-0.25, -0.2) is 0 Å². The van der Waals surface area contributed by atoms with Crippen LogP contribution in [0.25, 0.3) is 0 Å². The van der Waals surface area contributed by atoms with E-state index in [-0.39, 0.29) is 12.0 Å².